The Morgan fingerprint density at radius 2 is 2.00 bits per heavy atom. The van der Waals surface area contributed by atoms with Crippen LogP contribution in [0, 0.1) is 0 Å². The molecule has 2 heterocycles. The molecule has 0 unspecified atom stereocenters. The topological polar surface area (TPSA) is 92.3 Å². The minimum absolute atomic E-state index is 0.0224. The summed E-state index contributed by atoms with van der Waals surface area (Å²) in [5, 5.41) is 8.94. The quantitative estimate of drug-likeness (QED) is 0.861. The first-order valence-electron chi connectivity index (χ1n) is 5.68. The van der Waals surface area contributed by atoms with Crippen LogP contribution >= 0.6 is 0 Å². The molecule has 0 bridgehead atoms. The highest BCUT2D eigenvalue weighted by Crippen LogP contribution is 2.21. The summed E-state index contributed by atoms with van der Waals surface area (Å²) in [4.78, 5) is 20.7. The lowest BCUT2D eigenvalue weighted by atomic mass is 10.2. The van der Waals surface area contributed by atoms with Crippen LogP contribution in [-0.4, -0.2) is 28.1 Å². The second kappa shape index (κ2) is 5.34. The van der Waals surface area contributed by atoms with Crippen molar-refractivity contribution in [3.05, 3.63) is 47.9 Å². The van der Waals surface area contributed by atoms with E-state index in [1.54, 1.807) is 23.4 Å². The second-order valence-electron chi connectivity index (χ2n) is 4.13. The van der Waals surface area contributed by atoms with Crippen molar-refractivity contribution in [2.24, 2.45) is 0 Å². The van der Waals surface area contributed by atoms with E-state index in [0.717, 1.165) is 5.56 Å². The maximum Gasteiger partial charge on any atom is 0.354 e. The molecule has 0 aliphatic heterocycles. The zero-order valence-electron chi connectivity index (χ0n) is 10.4. The van der Waals surface area contributed by atoms with E-state index in [1.807, 2.05) is 19.2 Å². The predicted molar refractivity (Wildman–Crippen MR) is 72.0 cm³/mol. The molecule has 0 aromatic carbocycles. The molecule has 2 rings (SSSR count). The minimum Gasteiger partial charge on any atom is -0.477 e. The van der Waals surface area contributed by atoms with Crippen LogP contribution in [0.15, 0.2) is 36.7 Å². The van der Waals surface area contributed by atoms with Crippen LogP contribution in [0.2, 0.25) is 0 Å². The van der Waals surface area contributed by atoms with Gasteiger partial charge in [0.25, 0.3) is 0 Å². The average molecular weight is 258 g/mol. The van der Waals surface area contributed by atoms with Gasteiger partial charge in [-0.05, 0) is 29.8 Å². The first kappa shape index (κ1) is 12.8. The number of anilines is 2. The Hall–Kier alpha value is -2.63. The molecule has 19 heavy (non-hydrogen) atoms. The highest BCUT2D eigenvalue weighted by Gasteiger charge is 2.12. The zero-order chi connectivity index (χ0) is 13.8. The van der Waals surface area contributed by atoms with Crippen molar-refractivity contribution >= 4 is 17.5 Å². The standard InChI is InChI=1S/C13H14N4O2/c1-17(8-9-4-6-15-7-5-9)12-10(14)2-3-11(16-12)13(18)19/h2-7H,8,14H2,1H3,(H,18,19). The summed E-state index contributed by atoms with van der Waals surface area (Å²) in [6.07, 6.45) is 3.40. The van der Waals surface area contributed by atoms with Crippen molar-refractivity contribution in [1.82, 2.24) is 9.97 Å². The lowest BCUT2D eigenvalue weighted by Gasteiger charge is -2.20. The molecule has 3 N–H and O–H groups in total. The summed E-state index contributed by atoms with van der Waals surface area (Å²) in [7, 11) is 1.81. The van der Waals surface area contributed by atoms with Gasteiger partial charge in [0.2, 0.25) is 0 Å². The van der Waals surface area contributed by atoms with Crippen LogP contribution in [-0.2, 0) is 6.54 Å². The summed E-state index contributed by atoms with van der Waals surface area (Å²) >= 11 is 0. The Kier molecular flexibility index (Phi) is 3.61. The Bertz CT molecular complexity index is 586. The molecule has 0 fully saturated rings. The summed E-state index contributed by atoms with van der Waals surface area (Å²) < 4.78 is 0. The van der Waals surface area contributed by atoms with E-state index < -0.39 is 5.97 Å². The third-order valence-corrected chi connectivity index (χ3v) is 2.66. The van der Waals surface area contributed by atoms with Crippen molar-refractivity contribution in [1.29, 1.82) is 0 Å². The molecule has 0 radical (unpaired) electrons. The number of aromatic nitrogens is 2. The highest BCUT2D eigenvalue weighted by atomic mass is 16.4. The number of nitrogens with zero attached hydrogens (tertiary/aromatic N) is 3. The maximum absolute atomic E-state index is 10.9. The van der Waals surface area contributed by atoms with E-state index in [0.29, 0.717) is 18.1 Å². The Morgan fingerprint density at radius 1 is 1.32 bits per heavy atom. The van der Waals surface area contributed by atoms with Gasteiger partial charge in [-0.25, -0.2) is 9.78 Å². The molecular formula is C13H14N4O2. The normalized spacial score (nSPS) is 10.2. The lowest BCUT2D eigenvalue weighted by molar-refractivity contribution is 0.0690. The lowest BCUT2D eigenvalue weighted by Crippen LogP contribution is -2.20. The van der Waals surface area contributed by atoms with Crippen molar-refractivity contribution in [2.75, 3.05) is 17.7 Å². The molecule has 0 amide bonds. The van der Waals surface area contributed by atoms with Gasteiger partial charge in [0, 0.05) is 26.0 Å². The molecular weight excluding hydrogens is 244 g/mol. The van der Waals surface area contributed by atoms with Gasteiger partial charge in [0.15, 0.2) is 11.5 Å². The number of hydrogen-bond donors (Lipinski definition) is 2. The Balaban J connectivity index is 2.25. The van der Waals surface area contributed by atoms with Crippen molar-refractivity contribution in [3.63, 3.8) is 0 Å². The highest BCUT2D eigenvalue weighted by molar-refractivity contribution is 5.86. The Morgan fingerprint density at radius 3 is 2.63 bits per heavy atom. The summed E-state index contributed by atoms with van der Waals surface area (Å²) in [6, 6.07) is 6.71. The number of nitrogen functional groups attached to an aromatic ring is 1. The smallest absolute Gasteiger partial charge is 0.354 e. The van der Waals surface area contributed by atoms with E-state index >= 15 is 0 Å². The molecule has 0 aliphatic rings. The van der Waals surface area contributed by atoms with Crippen LogP contribution in [0.3, 0.4) is 0 Å². The van der Waals surface area contributed by atoms with E-state index in [1.165, 1.54) is 6.07 Å². The number of carboxylic acid groups (broad SMARTS) is 1. The molecule has 2 aromatic rings. The molecule has 6 heteroatoms. The van der Waals surface area contributed by atoms with Gasteiger partial charge in [-0.2, -0.15) is 0 Å². The monoisotopic (exact) mass is 258 g/mol. The van der Waals surface area contributed by atoms with Gasteiger partial charge in [0.05, 0.1) is 5.69 Å². The molecule has 0 saturated heterocycles. The van der Waals surface area contributed by atoms with Crippen molar-refractivity contribution < 1.29 is 9.90 Å². The number of pyridine rings is 2. The van der Waals surface area contributed by atoms with E-state index in [9.17, 15) is 4.79 Å². The molecule has 2 aromatic heterocycles. The molecule has 98 valence electrons. The van der Waals surface area contributed by atoms with Crippen LogP contribution in [0.25, 0.3) is 0 Å². The molecule has 0 saturated carbocycles. The predicted octanol–water partition coefficient (Wildman–Crippen LogP) is 1.39. The number of rotatable bonds is 4. The minimum atomic E-state index is -1.07. The largest absolute Gasteiger partial charge is 0.477 e. The third kappa shape index (κ3) is 2.98. The molecule has 6 nitrogen and oxygen atoms in total. The van der Waals surface area contributed by atoms with E-state index in [-0.39, 0.29) is 5.69 Å². The fourth-order valence-corrected chi connectivity index (χ4v) is 1.72. The summed E-state index contributed by atoms with van der Waals surface area (Å²) in [5.74, 6) is -0.615. The third-order valence-electron chi connectivity index (χ3n) is 2.66. The number of carboxylic acids is 1. The van der Waals surface area contributed by atoms with Crippen molar-refractivity contribution in [3.8, 4) is 0 Å². The molecule has 0 aliphatic carbocycles. The first-order chi connectivity index (χ1) is 9.08. The van der Waals surface area contributed by atoms with Crippen LogP contribution in [0.1, 0.15) is 16.1 Å². The van der Waals surface area contributed by atoms with E-state index in [2.05, 4.69) is 9.97 Å². The fraction of sp³-hybridized carbons (Fsp3) is 0.154. The Labute approximate surface area is 110 Å². The zero-order valence-corrected chi connectivity index (χ0v) is 10.4. The van der Waals surface area contributed by atoms with Gasteiger partial charge in [-0.1, -0.05) is 0 Å². The number of hydrogen-bond acceptors (Lipinski definition) is 5. The number of nitrogens with two attached hydrogens (primary N) is 1. The second-order valence-corrected chi connectivity index (χ2v) is 4.13. The van der Waals surface area contributed by atoms with Crippen LogP contribution < -0.4 is 10.6 Å². The maximum atomic E-state index is 10.9. The van der Waals surface area contributed by atoms with Crippen molar-refractivity contribution in [2.45, 2.75) is 6.54 Å². The SMILES string of the molecule is CN(Cc1ccncc1)c1nc(C(=O)O)ccc1N. The van der Waals surface area contributed by atoms with Gasteiger partial charge in [-0.3, -0.25) is 4.98 Å². The average Bonchev–Trinajstić information content (AvgIpc) is 2.40. The summed E-state index contributed by atoms with van der Waals surface area (Å²) in [5.41, 5.74) is 7.30. The first-order valence-corrected chi connectivity index (χ1v) is 5.68. The molecule has 0 atom stereocenters. The van der Waals surface area contributed by atoms with Crippen LogP contribution in [0.5, 0.6) is 0 Å². The summed E-state index contributed by atoms with van der Waals surface area (Å²) in [6.45, 7) is 0.572. The molecule has 0 spiro atoms. The van der Waals surface area contributed by atoms with E-state index in [4.69, 9.17) is 10.8 Å². The number of carbonyl (C=O) groups is 1. The fourth-order valence-electron chi connectivity index (χ4n) is 1.72. The number of aromatic carboxylic acids is 1. The van der Waals surface area contributed by atoms with Gasteiger partial charge in [-0.15, -0.1) is 0 Å². The van der Waals surface area contributed by atoms with Gasteiger partial charge >= 0.3 is 5.97 Å². The van der Waals surface area contributed by atoms with Crippen LogP contribution in [0.4, 0.5) is 11.5 Å². The van der Waals surface area contributed by atoms with Gasteiger partial charge < -0.3 is 15.7 Å². The van der Waals surface area contributed by atoms with Gasteiger partial charge in [0.1, 0.15) is 0 Å².